The highest BCUT2D eigenvalue weighted by atomic mass is 14.6. The topological polar surface area (TPSA) is 36.7 Å². The molecule has 0 unspecified atom stereocenters. The Morgan fingerprint density at radius 3 is 2.83 bits per heavy atom. The van der Waals surface area contributed by atoms with E-state index < -0.39 is 0 Å². The molecule has 1 aromatic heterocycles. The smallest absolute Gasteiger partial charge is 0.0606 e. The van der Waals surface area contributed by atoms with E-state index >= 15 is 0 Å². The summed E-state index contributed by atoms with van der Waals surface area (Å²) in [4.78, 5) is 3.93. The van der Waals surface area contributed by atoms with Gasteiger partial charge in [-0.25, -0.2) is 0 Å². The van der Waals surface area contributed by atoms with Crippen molar-refractivity contribution in [3.63, 3.8) is 0 Å². The Bertz CT molecular complexity index is 312. The van der Waals surface area contributed by atoms with Crippen molar-refractivity contribution in [2.75, 3.05) is 0 Å². The maximum absolute atomic E-state index is 7.44. The summed E-state index contributed by atoms with van der Waals surface area (Å²) in [5.41, 5.74) is 1.85. The molecule has 60 valence electrons. The van der Waals surface area contributed by atoms with Gasteiger partial charge >= 0.3 is 0 Å². The highest BCUT2D eigenvalue weighted by molar-refractivity contribution is 6.26. The van der Waals surface area contributed by atoms with Crippen LogP contribution in [0, 0.1) is 5.41 Å². The molecule has 0 fully saturated rings. The van der Waals surface area contributed by atoms with Crippen molar-refractivity contribution >= 4 is 11.3 Å². The molecule has 0 aliphatic carbocycles. The molecule has 0 spiro atoms. The van der Waals surface area contributed by atoms with Crippen molar-refractivity contribution in [1.29, 1.82) is 5.41 Å². The number of nitrogens with one attached hydrogen (secondary N) is 1. The summed E-state index contributed by atoms with van der Waals surface area (Å²) in [6.07, 6.45) is 4.84. The van der Waals surface area contributed by atoms with Crippen molar-refractivity contribution in [3.8, 4) is 0 Å². The molecule has 0 amide bonds. The lowest BCUT2D eigenvalue weighted by molar-refractivity contribution is 1.31. The Labute approximate surface area is 71.8 Å². The van der Waals surface area contributed by atoms with Crippen LogP contribution in [0.5, 0.6) is 0 Å². The minimum absolute atomic E-state index is 0.336. The molecule has 12 heavy (non-hydrogen) atoms. The van der Waals surface area contributed by atoms with Gasteiger partial charge in [-0.2, -0.15) is 0 Å². The van der Waals surface area contributed by atoms with Crippen LogP contribution in [-0.2, 0) is 0 Å². The average Bonchev–Trinajstić information content (AvgIpc) is 2.17. The quantitative estimate of drug-likeness (QED) is 0.673. The van der Waals surface area contributed by atoms with Gasteiger partial charge in [-0.3, -0.25) is 4.98 Å². The summed E-state index contributed by atoms with van der Waals surface area (Å²) in [5, 5.41) is 7.44. The van der Waals surface area contributed by atoms with E-state index in [0.29, 0.717) is 11.3 Å². The van der Waals surface area contributed by atoms with Crippen molar-refractivity contribution in [2.45, 2.75) is 0 Å². The lowest BCUT2D eigenvalue weighted by Gasteiger charge is -2.01. The zero-order chi connectivity index (χ0) is 8.97. The molecule has 2 nitrogen and oxygen atoms in total. The van der Waals surface area contributed by atoms with Crippen molar-refractivity contribution in [2.24, 2.45) is 0 Å². The van der Waals surface area contributed by atoms with Gasteiger partial charge in [-0.05, 0) is 12.1 Å². The summed E-state index contributed by atoms with van der Waals surface area (Å²) in [7, 11) is 0. The third-order valence-corrected chi connectivity index (χ3v) is 1.54. The maximum atomic E-state index is 7.44. The van der Waals surface area contributed by atoms with Gasteiger partial charge < -0.3 is 5.41 Å². The summed E-state index contributed by atoms with van der Waals surface area (Å²) in [6.45, 7) is 7.26. The molecule has 0 aliphatic heterocycles. The van der Waals surface area contributed by atoms with Crippen LogP contribution >= 0.6 is 0 Å². The number of allylic oxidation sites excluding steroid dienone is 2. The van der Waals surface area contributed by atoms with Crippen LogP contribution < -0.4 is 0 Å². The number of aromatic nitrogens is 1. The van der Waals surface area contributed by atoms with Crippen LogP contribution in [0.15, 0.2) is 43.8 Å². The fourth-order valence-corrected chi connectivity index (χ4v) is 0.820. The molecular weight excluding hydrogens is 148 g/mol. The van der Waals surface area contributed by atoms with Crippen molar-refractivity contribution in [1.82, 2.24) is 4.98 Å². The first-order chi connectivity index (χ1) is 5.75. The largest absolute Gasteiger partial charge is 0.300 e. The van der Waals surface area contributed by atoms with E-state index in [1.165, 1.54) is 6.08 Å². The molecule has 0 aliphatic rings. The average molecular weight is 158 g/mol. The molecule has 1 heterocycles. The lowest BCUT2D eigenvalue weighted by atomic mass is 10.1. The molecule has 0 atom stereocenters. The predicted octanol–water partition coefficient (Wildman–Crippen LogP) is 2.30. The van der Waals surface area contributed by atoms with E-state index in [9.17, 15) is 0 Å². The Balaban J connectivity index is 2.93. The summed E-state index contributed by atoms with van der Waals surface area (Å²) < 4.78 is 0. The van der Waals surface area contributed by atoms with Gasteiger partial charge in [0.05, 0.1) is 5.71 Å². The van der Waals surface area contributed by atoms with E-state index in [1.807, 2.05) is 12.1 Å². The third kappa shape index (κ3) is 1.66. The van der Waals surface area contributed by atoms with Gasteiger partial charge in [0, 0.05) is 23.5 Å². The van der Waals surface area contributed by atoms with Gasteiger partial charge in [-0.1, -0.05) is 19.2 Å². The van der Waals surface area contributed by atoms with Gasteiger partial charge in [0.25, 0.3) is 0 Å². The molecule has 0 aromatic carbocycles. The highest BCUT2D eigenvalue weighted by Gasteiger charge is 2.00. The second-order valence-electron chi connectivity index (χ2n) is 2.34. The van der Waals surface area contributed by atoms with E-state index in [2.05, 4.69) is 18.1 Å². The molecule has 0 saturated carbocycles. The summed E-state index contributed by atoms with van der Waals surface area (Å²) >= 11 is 0. The SMILES string of the molecule is C=CC(=N)C(=C)c1cccnc1. The Morgan fingerprint density at radius 2 is 2.33 bits per heavy atom. The zero-order valence-corrected chi connectivity index (χ0v) is 6.75. The third-order valence-electron chi connectivity index (χ3n) is 1.54. The minimum Gasteiger partial charge on any atom is -0.300 e. The first kappa shape index (κ1) is 8.40. The Hall–Kier alpha value is -1.70. The van der Waals surface area contributed by atoms with Gasteiger partial charge in [-0.15, -0.1) is 0 Å². The van der Waals surface area contributed by atoms with Crippen LogP contribution in [-0.4, -0.2) is 10.7 Å². The number of rotatable bonds is 3. The van der Waals surface area contributed by atoms with E-state index in [1.54, 1.807) is 12.4 Å². The monoisotopic (exact) mass is 158 g/mol. The molecular formula is C10H10N2. The number of nitrogens with zero attached hydrogens (tertiary/aromatic N) is 1. The zero-order valence-electron chi connectivity index (χ0n) is 6.75. The highest BCUT2D eigenvalue weighted by Crippen LogP contribution is 2.11. The first-order valence-electron chi connectivity index (χ1n) is 3.56. The van der Waals surface area contributed by atoms with Crippen molar-refractivity contribution < 1.29 is 0 Å². The second-order valence-corrected chi connectivity index (χ2v) is 2.34. The van der Waals surface area contributed by atoms with E-state index in [4.69, 9.17) is 5.41 Å². The molecule has 1 N–H and O–H groups in total. The predicted molar refractivity (Wildman–Crippen MR) is 51.2 cm³/mol. The number of hydrogen-bond acceptors (Lipinski definition) is 2. The van der Waals surface area contributed by atoms with Gasteiger partial charge in [0.2, 0.25) is 0 Å². The van der Waals surface area contributed by atoms with Crippen LogP contribution in [0.1, 0.15) is 5.56 Å². The molecule has 0 saturated heterocycles. The lowest BCUT2D eigenvalue weighted by Crippen LogP contribution is -1.94. The standard InChI is InChI=1S/C10H10N2/c1-3-10(11)8(2)9-5-4-6-12-7-9/h3-7,11H,1-2H2. The molecule has 0 bridgehead atoms. The summed E-state index contributed by atoms with van der Waals surface area (Å²) in [5.74, 6) is 0. The van der Waals surface area contributed by atoms with Gasteiger partial charge in [0.15, 0.2) is 0 Å². The van der Waals surface area contributed by atoms with Crippen LogP contribution in [0.2, 0.25) is 0 Å². The Kier molecular flexibility index (Phi) is 2.53. The molecule has 2 heteroatoms. The maximum Gasteiger partial charge on any atom is 0.0606 e. The Morgan fingerprint density at radius 1 is 1.58 bits per heavy atom. The van der Waals surface area contributed by atoms with E-state index in [-0.39, 0.29) is 0 Å². The molecule has 1 aromatic rings. The van der Waals surface area contributed by atoms with Gasteiger partial charge in [0.1, 0.15) is 0 Å². The summed E-state index contributed by atoms with van der Waals surface area (Å²) in [6, 6.07) is 3.68. The minimum atomic E-state index is 0.336. The van der Waals surface area contributed by atoms with Crippen LogP contribution in [0.25, 0.3) is 5.57 Å². The fraction of sp³-hybridized carbons (Fsp3) is 0. The molecule has 0 radical (unpaired) electrons. The van der Waals surface area contributed by atoms with Crippen molar-refractivity contribution in [3.05, 3.63) is 49.3 Å². The number of pyridine rings is 1. The first-order valence-corrected chi connectivity index (χ1v) is 3.56. The normalized spacial score (nSPS) is 9.00. The van der Waals surface area contributed by atoms with E-state index in [0.717, 1.165) is 5.56 Å². The van der Waals surface area contributed by atoms with Crippen LogP contribution in [0.3, 0.4) is 0 Å². The number of hydrogen-bond donors (Lipinski definition) is 1. The molecule has 1 rings (SSSR count). The fourth-order valence-electron chi connectivity index (χ4n) is 0.820. The van der Waals surface area contributed by atoms with Crippen LogP contribution in [0.4, 0.5) is 0 Å². The second kappa shape index (κ2) is 3.62.